The van der Waals surface area contributed by atoms with Gasteiger partial charge in [0.15, 0.2) is 0 Å². The van der Waals surface area contributed by atoms with E-state index in [2.05, 4.69) is 17.0 Å². The summed E-state index contributed by atoms with van der Waals surface area (Å²) >= 11 is 0. The zero-order chi connectivity index (χ0) is 20.9. The zero-order valence-electron chi connectivity index (χ0n) is 16.7. The zero-order valence-corrected chi connectivity index (χ0v) is 16.7. The second kappa shape index (κ2) is 9.18. The Morgan fingerprint density at radius 2 is 1.40 bits per heavy atom. The molecule has 0 aromatic heterocycles. The number of halogens is 2. The molecule has 0 unspecified atom stereocenters. The van der Waals surface area contributed by atoms with E-state index >= 15 is 0 Å². The predicted molar refractivity (Wildman–Crippen MR) is 114 cm³/mol. The lowest BCUT2D eigenvalue weighted by Gasteiger charge is -2.38. The fraction of sp³-hybridized carbons (Fsp3) is 0.240. The van der Waals surface area contributed by atoms with E-state index in [1.165, 1.54) is 42.0 Å². The maximum Gasteiger partial charge on any atom is 0.258 e. The molecule has 154 valence electrons. The average molecular weight is 406 g/mol. The van der Waals surface area contributed by atoms with Gasteiger partial charge in [0.05, 0.1) is 0 Å². The quantitative estimate of drug-likeness (QED) is 0.576. The number of rotatable bonds is 5. The molecule has 1 fully saturated rings. The Hall–Kier alpha value is -3.05. The highest BCUT2D eigenvalue weighted by Gasteiger charge is 2.30. The van der Waals surface area contributed by atoms with Crippen LogP contribution in [0.5, 0.6) is 0 Å². The molecule has 0 N–H and O–H groups in total. The normalized spacial score (nSPS) is 15.1. The highest BCUT2D eigenvalue weighted by atomic mass is 19.1. The van der Waals surface area contributed by atoms with Gasteiger partial charge < -0.3 is 4.90 Å². The minimum absolute atomic E-state index is 0.0000349. The lowest BCUT2D eigenvalue weighted by Crippen LogP contribution is -2.47. The van der Waals surface area contributed by atoms with E-state index in [1.807, 2.05) is 18.2 Å². The highest BCUT2D eigenvalue weighted by Crippen LogP contribution is 2.27. The van der Waals surface area contributed by atoms with Crippen molar-refractivity contribution in [1.29, 1.82) is 0 Å². The predicted octanol–water partition coefficient (Wildman–Crippen LogP) is 5.28. The summed E-state index contributed by atoms with van der Waals surface area (Å²) in [5.74, 6) is -0.914. The Balaban J connectivity index is 1.52. The molecule has 1 saturated heterocycles. The first kappa shape index (κ1) is 20.2. The highest BCUT2D eigenvalue weighted by molar-refractivity contribution is 6.06. The fourth-order valence-corrected chi connectivity index (χ4v) is 4.00. The molecule has 0 radical (unpaired) electrons. The van der Waals surface area contributed by atoms with Crippen molar-refractivity contribution in [1.82, 2.24) is 4.90 Å². The van der Waals surface area contributed by atoms with E-state index in [1.54, 1.807) is 17.0 Å². The van der Waals surface area contributed by atoms with Gasteiger partial charge in [-0.3, -0.25) is 9.69 Å². The van der Waals surface area contributed by atoms with E-state index in [9.17, 15) is 13.6 Å². The molecule has 3 aromatic rings. The van der Waals surface area contributed by atoms with Crippen LogP contribution in [-0.4, -0.2) is 29.9 Å². The van der Waals surface area contributed by atoms with Crippen LogP contribution in [-0.2, 0) is 6.54 Å². The average Bonchev–Trinajstić information content (AvgIpc) is 2.77. The number of nitrogens with zero attached hydrogens (tertiary/aromatic N) is 2. The van der Waals surface area contributed by atoms with Crippen LogP contribution >= 0.6 is 0 Å². The molecular formula is C25H24F2N2O. The lowest BCUT2D eigenvalue weighted by molar-refractivity contribution is 0.0958. The third-order valence-corrected chi connectivity index (χ3v) is 5.59. The van der Waals surface area contributed by atoms with Crippen molar-refractivity contribution < 1.29 is 13.6 Å². The van der Waals surface area contributed by atoms with E-state index in [4.69, 9.17) is 0 Å². The molecule has 4 rings (SSSR count). The molecule has 0 saturated carbocycles. The van der Waals surface area contributed by atoms with Crippen LogP contribution in [0.15, 0.2) is 78.9 Å². The topological polar surface area (TPSA) is 23.6 Å². The van der Waals surface area contributed by atoms with Crippen molar-refractivity contribution in [3.05, 3.63) is 102 Å². The molecule has 0 spiro atoms. The Bertz CT molecular complexity index is 966. The Morgan fingerprint density at radius 1 is 0.833 bits per heavy atom. The summed E-state index contributed by atoms with van der Waals surface area (Å²) in [4.78, 5) is 17.4. The standard InChI is InChI=1S/C25H24F2N2O/c26-21-8-6-20(7-9-21)25(30)29(23-12-10-22(27)11-13-23)24-14-16-28(17-15-24)18-19-4-2-1-3-5-19/h1-13,24H,14-18H2. The molecule has 1 aliphatic rings. The molecule has 1 aliphatic heterocycles. The maximum absolute atomic E-state index is 13.5. The largest absolute Gasteiger partial charge is 0.305 e. The number of piperidine rings is 1. The number of carbonyl (C=O) groups excluding carboxylic acids is 1. The molecular weight excluding hydrogens is 382 g/mol. The summed E-state index contributed by atoms with van der Waals surface area (Å²) in [7, 11) is 0. The molecule has 0 bridgehead atoms. The van der Waals surface area contributed by atoms with Gasteiger partial charge in [-0.1, -0.05) is 30.3 Å². The van der Waals surface area contributed by atoms with Gasteiger partial charge >= 0.3 is 0 Å². The number of likely N-dealkylation sites (tertiary alicyclic amines) is 1. The molecule has 0 atom stereocenters. The molecule has 3 nitrogen and oxygen atoms in total. The summed E-state index contributed by atoms with van der Waals surface area (Å²) in [6.45, 7) is 2.62. The van der Waals surface area contributed by atoms with Crippen molar-refractivity contribution in [2.45, 2.75) is 25.4 Å². The second-order valence-corrected chi connectivity index (χ2v) is 7.65. The first-order valence-electron chi connectivity index (χ1n) is 10.2. The lowest BCUT2D eigenvalue weighted by atomic mass is 10.00. The van der Waals surface area contributed by atoms with Gasteiger partial charge in [-0.05, 0) is 66.9 Å². The molecule has 30 heavy (non-hydrogen) atoms. The minimum Gasteiger partial charge on any atom is -0.305 e. The van der Waals surface area contributed by atoms with Crippen LogP contribution in [0.25, 0.3) is 0 Å². The maximum atomic E-state index is 13.5. The number of anilines is 1. The van der Waals surface area contributed by atoms with Crippen LogP contribution in [0.1, 0.15) is 28.8 Å². The number of carbonyl (C=O) groups is 1. The molecule has 5 heteroatoms. The van der Waals surface area contributed by atoms with Crippen molar-refractivity contribution in [2.24, 2.45) is 0 Å². The molecule has 1 amide bonds. The van der Waals surface area contributed by atoms with E-state index < -0.39 is 0 Å². The summed E-state index contributed by atoms with van der Waals surface area (Å²) in [5.41, 5.74) is 2.36. The van der Waals surface area contributed by atoms with E-state index in [0.29, 0.717) is 11.3 Å². The van der Waals surface area contributed by atoms with Gasteiger partial charge in [0.2, 0.25) is 0 Å². The van der Waals surface area contributed by atoms with Crippen molar-refractivity contribution in [3.8, 4) is 0 Å². The smallest absolute Gasteiger partial charge is 0.258 e. The van der Waals surface area contributed by atoms with Crippen LogP contribution < -0.4 is 4.90 Å². The third-order valence-electron chi connectivity index (χ3n) is 5.59. The molecule has 3 aromatic carbocycles. The molecule has 1 heterocycles. The summed E-state index contributed by atoms with van der Waals surface area (Å²) < 4.78 is 26.8. The number of hydrogen-bond acceptors (Lipinski definition) is 2. The van der Waals surface area contributed by atoms with E-state index in [-0.39, 0.29) is 23.6 Å². The number of amides is 1. The number of hydrogen-bond donors (Lipinski definition) is 0. The number of benzene rings is 3. The fourth-order valence-electron chi connectivity index (χ4n) is 4.00. The SMILES string of the molecule is O=C(c1ccc(F)cc1)N(c1ccc(F)cc1)C1CCN(Cc2ccccc2)CC1. The van der Waals surface area contributed by atoms with Crippen LogP contribution in [0.2, 0.25) is 0 Å². The second-order valence-electron chi connectivity index (χ2n) is 7.65. The summed E-state index contributed by atoms with van der Waals surface area (Å²) in [5, 5.41) is 0. The van der Waals surface area contributed by atoms with Gasteiger partial charge in [0, 0.05) is 36.9 Å². The monoisotopic (exact) mass is 406 g/mol. The summed E-state index contributed by atoms with van der Waals surface area (Å²) in [6, 6.07) is 21.9. The van der Waals surface area contributed by atoms with Gasteiger partial charge in [0.25, 0.3) is 5.91 Å². The first-order chi connectivity index (χ1) is 14.6. The van der Waals surface area contributed by atoms with Crippen LogP contribution in [0, 0.1) is 11.6 Å². The third kappa shape index (κ3) is 4.74. The van der Waals surface area contributed by atoms with Gasteiger partial charge in [-0.25, -0.2) is 8.78 Å². The first-order valence-corrected chi connectivity index (χ1v) is 10.2. The molecule has 0 aliphatic carbocycles. The van der Waals surface area contributed by atoms with Crippen molar-refractivity contribution in [3.63, 3.8) is 0 Å². The van der Waals surface area contributed by atoms with Gasteiger partial charge in [-0.2, -0.15) is 0 Å². The Kier molecular flexibility index (Phi) is 6.19. The van der Waals surface area contributed by atoms with Crippen LogP contribution in [0.3, 0.4) is 0 Å². The Morgan fingerprint density at radius 3 is 2.00 bits per heavy atom. The van der Waals surface area contributed by atoms with Gasteiger partial charge in [-0.15, -0.1) is 0 Å². The summed E-state index contributed by atoms with van der Waals surface area (Å²) in [6.07, 6.45) is 1.63. The minimum atomic E-state index is -0.380. The van der Waals surface area contributed by atoms with E-state index in [0.717, 1.165) is 32.5 Å². The Labute approximate surface area is 175 Å². The van der Waals surface area contributed by atoms with Gasteiger partial charge in [0.1, 0.15) is 11.6 Å². The van der Waals surface area contributed by atoms with Crippen LogP contribution in [0.4, 0.5) is 14.5 Å². The van der Waals surface area contributed by atoms with Crippen molar-refractivity contribution >= 4 is 11.6 Å². The van der Waals surface area contributed by atoms with Crippen molar-refractivity contribution in [2.75, 3.05) is 18.0 Å².